The predicted molar refractivity (Wildman–Crippen MR) is 66.7 cm³/mol. The number of hydrogen-bond donors (Lipinski definition) is 2. The van der Waals surface area contributed by atoms with Gasteiger partial charge < -0.3 is 15.4 Å². The predicted octanol–water partition coefficient (Wildman–Crippen LogP) is 1.67. The Balaban J connectivity index is 1.93. The molecule has 2 heterocycles. The number of ether oxygens (including phenoxy) is 1. The lowest BCUT2D eigenvalue weighted by Crippen LogP contribution is -2.62. The Labute approximate surface area is 99.3 Å². The summed E-state index contributed by atoms with van der Waals surface area (Å²) in [6.45, 7) is 11.0. The second-order valence-corrected chi connectivity index (χ2v) is 6.73. The average Bonchev–Trinajstić information content (AvgIpc) is 2.49. The molecule has 2 rings (SSSR count). The van der Waals surface area contributed by atoms with Gasteiger partial charge in [-0.25, -0.2) is 0 Å². The molecule has 0 aromatic rings. The lowest BCUT2D eigenvalue weighted by molar-refractivity contribution is 0.133. The largest absolute Gasteiger partial charge is 0.380 e. The molecular formula is C13H26N2O. The fourth-order valence-corrected chi connectivity index (χ4v) is 3.44. The highest BCUT2D eigenvalue weighted by Crippen LogP contribution is 2.29. The molecule has 0 amide bonds. The van der Waals surface area contributed by atoms with Gasteiger partial charge in [-0.3, -0.25) is 0 Å². The van der Waals surface area contributed by atoms with E-state index in [1.807, 2.05) is 0 Å². The van der Waals surface area contributed by atoms with E-state index in [-0.39, 0.29) is 11.1 Å². The van der Waals surface area contributed by atoms with Crippen LogP contribution in [-0.4, -0.2) is 36.4 Å². The van der Waals surface area contributed by atoms with Gasteiger partial charge in [0.2, 0.25) is 0 Å². The third-order valence-electron chi connectivity index (χ3n) is 3.59. The Kier molecular flexibility index (Phi) is 3.30. The van der Waals surface area contributed by atoms with E-state index in [0.29, 0.717) is 12.1 Å². The van der Waals surface area contributed by atoms with Gasteiger partial charge in [-0.15, -0.1) is 0 Å². The third-order valence-corrected chi connectivity index (χ3v) is 3.59. The van der Waals surface area contributed by atoms with Crippen LogP contribution in [0.1, 0.15) is 47.0 Å². The molecule has 3 nitrogen and oxygen atoms in total. The van der Waals surface area contributed by atoms with Crippen LogP contribution in [-0.2, 0) is 4.74 Å². The topological polar surface area (TPSA) is 33.3 Å². The highest BCUT2D eigenvalue weighted by atomic mass is 16.5. The van der Waals surface area contributed by atoms with Crippen LogP contribution in [0.2, 0.25) is 0 Å². The van der Waals surface area contributed by atoms with Crippen molar-refractivity contribution in [3.63, 3.8) is 0 Å². The zero-order valence-corrected chi connectivity index (χ0v) is 11.1. The van der Waals surface area contributed by atoms with Gasteiger partial charge in [0.05, 0.1) is 6.61 Å². The standard InChI is InChI=1S/C13H26N2O/c1-12(2)7-11(8-13(3,4)15-12)14-10-5-6-16-9-10/h10-11,14-15H,5-9H2,1-4H3. The summed E-state index contributed by atoms with van der Waals surface area (Å²) >= 11 is 0. The summed E-state index contributed by atoms with van der Waals surface area (Å²) in [5, 5.41) is 7.48. The minimum Gasteiger partial charge on any atom is -0.380 e. The summed E-state index contributed by atoms with van der Waals surface area (Å²) in [7, 11) is 0. The summed E-state index contributed by atoms with van der Waals surface area (Å²) in [4.78, 5) is 0. The number of hydrogen-bond acceptors (Lipinski definition) is 3. The van der Waals surface area contributed by atoms with Gasteiger partial charge >= 0.3 is 0 Å². The first-order valence-electron chi connectivity index (χ1n) is 6.49. The summed E-state index contributed by atoms with van der Waals surface area (Å²) < 4.78 is 5.42. The Morgan fingerprint density at radius 1 is 1.06 bits per heavy atom. The van der Waals surface area contributed by atoms with E-state index in [0.717, 1.165) is 13.2 Å². The van der Waals surface area contributed by atoms with Crippen molar-refractivity contribution < 1.29 is 4.74 Å². The van der Waals surface area contributed by atoms with E-state index < -0.39 is 0 Å². The lowest BCUT2D eigenvalue weighted by atomic mass is 9.79. The van der Waals surface area contributed by atoms with Gasteiger partial charge in [-0.1, -0.05) is 0 Å². The van der Waals surface area contributed by atoms with E-state index in [9.17, 15) is 0 Å². The molecule has 0 spiro atoms. The fraction of sp³-hybridized carbons (Fsp3) is 1.00. The Morgan fingerprint density at radius 3 is 2.19 bits per heavy atom. The van der Waals surface area contributed by atoms with Crippen LogP contribution in [0, 0.1) is 0 Å². The smallest absolute Gasteiger partial charge is 0.0620 e. The van der Waals surface area contributed by atoms with Crippen LogP contribution in [0.3, 0.4) is 0 Å². The molecule has 0 bridgehead atoms. The second-order valence-electron chi connectivity index (χ2n) is 6.73. The molecule has 2 N–H and O–H groups in total. The summed E-state index contributed by atoms with van der Waals surface area (Å²) in [5.41, 5.74) is 0.470. The normalized spacial score (nSPS) is 34.1. The maximum absolute atomic E-state index is 5.42. The van der Waals surface area contributed by atoms with Gasteiger partial charge in [-0.05, 0) is 47.0 Å². The monoisotopic (exact) mass is 226 g/mol. The van der Waals surface area contributed by atoms with Crippen molar-refractivity contribution >= 4 is 0 Å². The summed E-state index contributed by atoms with van der Waals surface area (Å²) in [6, 6.07) is 1.20. The first-order valence-corrected chi connectivity index (χ1v) is 6.49. The molecule has 1 unspecified atom stereocenters. The molecule has 0 aromatic carbocycles. The van der Waals surface area contributed by atoms with Gasteiger partial charge in [0.1, 0.15) is 0 Å². The molecule has 0 radical (unpaired) electrons. The first kappa shape index (κ1) is 12.3. The summed E-state index contributed by atoms with van der Waals surface area (Å²) in [5.74, 6) is 0. The quantitative estimate of drug-likeness (QED) is 0.751. The van der Waals surface area contributed by atoms with Crippen LogP contribution < -0.4 is 10.6 Å². The van der Waals surface area contributed by atoms with Crippen molar-refractivity contribution in [3.8, 4) is 0 Å². The highest BCUT2D eigenvalue weighted by Gasteiger charge is 2.38. The summed E-state index contributed by atoms with van der Waals surface area (Å²) in [6.07, 6.45) is 3.57. The maximum atomic E-state index is 5.42. The van der Waals surface area contributed by atoms with E-state index >= 15 is 0 Å². The molecule has 2 fully saturated rings. The zero-order chi connectivity index (χ0) is 11.8. The molecule has 94 valence electrons. The third kappa shape index (κ3) is 3.19. The molecule has 1 atom stereocenters. The molecular weight excluding hydrogens is 200 g/mol. The highest BCUT2D eigenvalue weighted by molar-refractivity contribution is 5.00. The molecule has 16 heavy (non-hydrogen) atoms. The van der Waals surface area contributed by atoms with Crippen LogP contribution >= 0.6 is 0 Å². The average molecular weight is 226 g/mol. The van der Waals surface area contributed by atoms with Gasteiger partial charge in [0, 0.05) is 29.8 Å². The molecule has 0 saturated carbocycles. The molecule has 2 aliphatic heterocycles. The van der Waals surface area contributed by atoms with Gasteiger partial charge in [0.15, 0.2) is 0 Å². The van der Waals surface area contributed by atoms with Crippen molar-refractivity contribution in [2.45, 2.75) is 70.1 Å². The van der Waals surface area contributed by atoms with Crippen molar-refractivity contribution in [1.29, 1.82) is 0 Å². The van der Waals surface area contributed by atoms with Crippen molar-refractivity contribution in [2.75, 3.05) is 13.2 Å². The Hall–Kier alpha value is -0.120. The van der Waals surface area contributed by atoms with Crippen molar-refractivity contribution in [3.05, 3.63) is 0 Å². The van der Waals surface area contributed by atoms with Crippen LogP contribution in [0.25, 0.3) is 0 Å². The molecule has 0 aliphatic carbocycles. The lowest BCUT2D eigenvalue weighted by Gasteiger charge is -2.47. The minimum atomic E-state index is 0.235. The first-order chi connectivity index (χ1) is 7.36. The van der Waals surface area contributed by atoms with E-state index in [1.54, 1.807) is 0 Å². The van der Waals surface area contributed by atoms with Crippen LogP contribution in [0.5, 0.6) is 0 Å². The number of nitrogens with one attached hydrogen (secondary N) is 2. The van der Waals surface area contributed by atoms with E-state index in [2.05, 4.69) is 38.3 Å². The Morgan fingerprint density at radius 2 is 1.69 bits per heavy atom. The van der Waals surface area contributed by atoms with Crippen LogP contribution in [0.4, 0.5) is 0 Å². The maximum Gasteiger partial charge on any atom is 0.0620 e. The molecule has 3 heteroatoms. The van der Waals surface area contributed by atoms with Crippen LogP contribution in [0.15, 0.2) is 0 Å². The van der Waals surface area contributed by atoms with Gasteiger partial charge in [0.25, 0.3) is 0 Å². The molecule has 2 aliphatic rings. The van der Waals surface area contributed by atoms with Crippen molar-refractivity contribution in [2.24, 2.45) is 0 Å². The molecule has 0 aromatic heterocycles. The van der Waals surface area contributed by atoms with E-state index in [1.165, 1.54) is 19.3 Å². The molecule has 2 saturated heterocycles. The SMILES string of the molecule is CC1(C)CC(NC2CCOC2)CC(C)(C)N1. The zero-order valence-electron chi connectivity index (χ0n) is 11.1. The fourth-order valence-electron chi connectivity index (χ4n) is 3.44. The Bertz CT molecular complexity index is 228. The number of piperidine rings is 1. The second kappa shape index (κ2) is 4.28. The van der Waals surface area contributed by atoms with Gasteiger partial charge in [-0.2, -0.15) is 0 Å². The van der Waals surface area contributed by atoms with E-state index in [4.69, 9.17) is 4.74 Å². The number of rotatable bonds is 2. The van der Waals surface area contributed by atoms with Crippen molar-refractivity contribution in [1.82, 2.24) is 10.6 Å². The minimum absolute atomic E-state index is 0.235.